The van der Waals surface area contributed by atoms with Gasteiger partial charge in [0.05, 0.1) is 10.9 Å². The number of hydrogen-bond donors (Lipinski definition) is 0. The molecule has 0 aliphatic carbocycles. The molecular formula is C17H12FIN2O. The Labute approximate surface area is 140 Å². The van der Waals surface area contributed by atoms with E-state index < -0.39 is 0 Å². The first-order valence-electron chi connectivity index (χ1n) is 6.64. The summed E-state index contributed by atoms with van der Waals surface area (Å²) in [6, 6.07) is 11.7. The third-order valence-electron chi connectivity index (χ3n) is 3.37. The van der Waals surface area contributed by atoms with Gasteiger partial charge in [0, 0.05) is 10.6 Å². The van der Waals surface area contributed by atoms with Crippen molar-refractivity contribution in [3.8, 4) is 0 Å². The Morgan fingerprint density at radius 3 is 2.59 bits per heavy atom. The third-order valence-corrected chi connectivity index (χ3v) is 4.04. The Hall–Kier alpha value is -2.02. The van der Waals surface area contributed by atoms with Gasteiger partial charge in [0.25, 0.3) is 5.56 Å². The molecule has 1 heterocycles. The van der Waals surface area contributed by atoms with Crippen molar-refractivity contribution in [1.82, 2.24) is 9.55 Å². The minimum Gasteiger partial charge on any atom is -0.296 e. The highest BCUT2D eigenvalue weighted by atomic mass is 127. The maximum Gasteiger partial charge on any atom is 0.261 e. The Balaban J connectivity index is 2.07. The van der Waals surface area contributed by atoms with Crippen LogP contribution in [0, 0.1) is 9.39 Å². The predicted molar refractivity (Wildman–Crippen MR) is 95.0 cm³/mol. The Bertz CT molecular complexity index is 930. The quantitative estimate of drug-likeness (QED) is 0.607. The standard InChI is InChI=1S/C17H12FIN2O/c1-21-16(9-4-11-2-5-12(18)6-3-11)20-15-8-7-13(19)10-14(15)17(21)22/h2-10H,1H3. The molecule has 5 heteroatoms. The molecule has 0 N–H and O–H groups in total. The van der Waals surface area contributed by atoms with Crippen molar-refractivity contribution < 1.29 is 4.39 Å². The monoisotopic (exact) mass is 406 g/mol. The van der Waals surface area contributed by atoms with Gasteiger partial charge < -0.3 is 0 Å². The van der Waals surface area contributed by atoms with Crippen molar-refractivity contribution in [1.29, 1.82) is 0 Å². The Morgan fingerprint density at radius 1 is 1.14 bits per heavy atom. The van der Waals surface area contributed by atoms with Gasteiger partial charge in [-0.3, -0.25) is 9.36 Å². The molecule has 0 fully saturated rings. The maximum atomic E-state index is 12.9. The maximum absolute atomic E-state index is 12.9. The molecule has 0 aliphatic rings. The molecule has 3 nitrogen and oxygen atoms in total. The zero-order valence-electron chi connectivity index (χ0n) is 11.8. The number of halogens is 2. The highest BCUT2D eigenvalue weighted by Gasteiger charge is 2.06. The normalized spacial score (nSPS) is 11.4. The summed E-state index contributed by atoms with van der Waals surface area (Å²) in [7, 11) is 1.69. The topological polar surface area (TPSA) is 34.9 Å². The van der Waals surface area contributed by atoms with Crippen molar-refractivity contribution >= 4 is 45.6 Å². The lowest BCUT2D eigenvalue weighted by Crippen LogP contribution is -2.20. The molecule has 0 aliphatic heterocycles. The van der Waals surface area contributed by atoms with Gasteiger partial charge in [-0.05, 0) is 64.6 Å². The molecule has 1 aromatic heterocycles. The largest absolute Gasteiger partial charge is 0.296 e. The van der Waals surface area contributed by atoms with Gasteiger partial charge >= 0.3 is 0 Å². The van der Waals surface area contributed by atoms with E-state index in [-0.39, 0.29) is 11.4 Å². The van der Waals surface area contributed by atoms with Crippen LogP contribution in [0.2, 0.25) is 0 Å². The summed E-state index contributed by atoms with van der Waals surface area (Å²) in [4.78, 5) is 16.9. The van der Waals surface area contributed by atoms with Gasteiger partial charge in [-0.15, -0.1) is 0 Å². The van der Waals surface area contributed by atoms with Crippen LogP contribution in [-0.2, 0) is 7.05 Å². The second-order valence-corrected chi connectivity index (χ2v) is 6.13. The van der Waals surface area contributed by atoms with Crippen LogP contribution in [0.25, 0.3) is 23.1 Å². The number of aromatic nitrogens is 2. The van der Waals surface area contributed by atoms with Crippen LogP contribution in [0.1, 0.15) is 11.4 Å². The summed E-state index contributed by atoms with van der Waals surface area (Å²) < 4.78 is 15.4. The summed E-state index contributed by atoms with van der Waals surface area (Å²) in [5.74, 6) is 0.283. The van der Waals surface area contributed by atoms with Gasteiger partial charge in [0.15, 0.2) is 0 Å². The van der Waals surface area contributed by atoms with E-state index in [2.05, 4.69) is 27.6 Å². The van der Waals surface area contributed by atoms with Crippen molar-refractivity contribution in [3.05, 3.63) is 73.6 Å². The van der Waals surface area contributed by atoms with E-state index >= 15 is 0 Å². The molecule has 0 saturated heterocycles. The molecule has 0 saturated carbocycles. The lowest BCUT2D eigenvalue weighted by molar-refractivity contribution is 0.628. The fraction of sp³-hybridized carbons (Fsp3) is 0.0588. The number of hydrogen-bond acceptors (Lipinski definition) is 2. The van der Waals surface area contributed by atoms with Gasteiger partial charge in [0.2, 0.25) is 0 Å². The molecule has 3 rings (SSSR count). The van der Waals surface area contributed by atoms with Gasteiger partial charge in [-0.25, -0.2) is 9.37 Å². The summed E-state index contributed by atoms with van der Waals surface area (Å²) in [5, 5.41) is 0.605. The molecule has 0 spiro atoms. The molecule has 0 amide bonds. The number of fused-ring (bicyclic) bond motifs is 1. The van der Waals surface area contributed by atoms with Crippen molar-refractivity contribution in [2.45, 2.75) is 0 Å². The van der Waals surface area contributed by atoms with Gasteiger partial charge in [-0.2, -0.15) is 0 Å². The smallest absolute Gasteiger partial charge is 0.261 e. The van der Waals surface area contributed by atoms with Crippen LogP contribution >= 0.6 is 22.6 Å². The van der Waals surface area contributed by atoms with Crippen LogP contribution in [0.4, 0.5) is 4.39 Å². The van der Waals surface area contributed by atoms with Crippen LogP contribution in [-0.4, -0.2) is 9.55 Å². The SMILES string of the molecule is Cn1c(C=Cc2ccc(F)cc2)nc2ccc(I)cc2c1=O. The molecule has 22 heavy (non-hydrogen) atoms. The Morgan fingerprint density at radius 2 is 1.86 bits per heavy atom. The summed E-state index contributed by atoms with van der Waals surface area (Å²) in [6.07, 6.45) is 3.56. The number of rotatable bonds is 2. The molecule has 0 bridgehead atoms. The average molecular weight is 406 g/mol. The highest BCUT2D eigenvalue weighted by molar-refractivity contribution is 14.1. The summed E-state index contributed by atoms with van der Waals surface area (Å²) in [6.45, 7) is 0. The van der Waals surface area contributed by atoms with E-state index in [1.165, 1.54) is 16.7 Å². The zero-order chi connectivity index (χ0) is 15.7. The first-order chi connectivity index (χ1) is 10.5. The van der Waals surface area contributed by atoms with E-state index in [4.69, 9.17) is 0 Å². The summed E-state index contributed by atoms with van der Waals surface area (Å²) in [5.41, 5.74) is 1.43. The minimum atomic E-state index is -0.275. The van der Waals surface area contributed by atoms with Crippen molar-refractivity contribution in [2.24, 2.45) is 7.05 Å². The average Bonchev–Trinajstić information content (AvgIpc) is 2.52. The first kappa shape index (κ1) is 14.9. The van der Waals surface area contributed by atoms with Gasteiger partial charge in [-0.1, -0.05) is 18.2 Å². The molecule has 0 atom stereocenters. The molecule has 3 aromatic rings. The van der Waals surface area contributed by atoms with Crippen molar-refractivity contribution in [2.75, 3.05) is 0 Å². The van der Waals surface area contributed by atoms with E-state index in [0.29, 0.717) is 16.7 Å². The first-order valence-corrected chi connectivity index (χ1v) is 7.72. The van der Waals surface area contributed by atoms with E-state index in [0.717, 1.165) is 9.13 Å². The molecular weight excluding hydrogens is 394 g/mol. The van der Waals surface area contributed by atoms with E-state index in [1.807, 2.05) is 18.2 Å². The minimum absolute atomic E-state index is 0.0812. The van der Waals surface area contributed by atoms with Crippen LogP contribution in [0.3, 0.4) is 0 Å². The fourth-order valence-electron chi connectivity index (χ4n) is 2.15. The predicted octanol–water partition coefficient (Wildman–Crippen LogP) is 3.85. The van der Waals surface area contributed by atoms with Gasteiger partial charge in [0.1, 0.15) is 11.6 Å². The fourth-order valence-corrected chi connectivity index (χ4v) is 2.65. The van der Waals surface area contributed by atoms with Crippen LogP contribution in [0.5, 0.6) is 0 Å². The van der Waals surface area contributed by atoms with Crippen LogP contribution in [0.15, 0.2) is 47.3 Å². The second kappa shape index (κ2) is 6.00. The highest BCUT2D eigenvalue weighted by Crippen LogP contribution is 2.14. The molecule has 110 valence electrons. The molecule has 2 aromatic carbocycles. The lowest BCUT2D eigenvalue weighted by Gasteiger charge is -2.06. The zero-order valence-corrected chi connectivity index (χ0v) is 13.9. The summed E-state index contributed by atoms with van der Waals surface area (Å²) >= 11 is 2.17. The van der Waals surface area contributed by atoms with Crippen LogP contribution < -0.4 is 5.56 Å². The second-order valence-electron chi connectivity index (χ2n) is 4.88. The Kier molecular flexibility index (Phi) is 4.06. The van der Waals surface area contributed by atoms with E-state index in [9.17, 15) is 9.18 Å². The number of nitrogens with zero attached hydrogens (tertiary/aromatic N) is 2. The third kappa shape index (κ3) is 2.94. The molecule has 0 unspecified atom stereocenters. The number of benzene rings is 2. The van der Waals surface area contributed by atoms with E-state index in [1.54, 1.807) is 31.3 Å². The van der Waals surface area contributed by atoms with Crippen molar-refractivity contribution in [3.63, 3.8) is 0 Å². The molecule has 0 radical (unpaired) electrons. The lowest BCUT2D eigenvalue weighted by atomic mass is 10.2.